The Morgan fingerprint density at radius 3 is 2.09 bits per heavy atom. The number of hydrogen-bond donors (Lipinski definition) is 0. The molecular formula is C20H19NO2. The van der Waals surface area contributed by atoms with Gasteiger partial charge in [0, 0.05) is 5.56 Å². The zero-order valence-corrected chi connectivity index (χ0v) is 13.0. The third-order valence-electron chi connectivity index (χ3n) is 4.80. The van der Waals surface area contributed by atoms with Gasteiger partial charge in [0.15, 0.2) is 5.54 Å². The SMILES string of the molecule is O=C1OC(c2ccc(-c3ccccc3)cc2)=NC12CCCCC2. The van der Waals surface area contributed by atoms with Gasteiger partial charge in [-0.1, -0.05) is 61.7 Å². The van der Waals surface area contributed by atoms with E-state index in [9.17, 15) is 4.79 Å². The lowest BCUT2D eigenvalue weighted by molar-refractivity contribution is -0.140. The van der Waals surface area contributed by atoms with Crippen molar-refractivity contribution in [1.29, 1.82) is 0 Å². The van der Waals surface area contributed by atoms with Crippen molar-refractivity contribution in [2.45, 2.75) is 37.6 Å². The Labute approximate surface area is 136 Å². The highest BCUT2D eigenvalue weighted by atomic mass is 16.6. The van der Waals surface area contributed by atoms with E-state index in [1.165, 1.54) is 12.0 Å². The minimum Gasteiger partial charge on any atom is -0.405 e. The molecule has 0 amide bonds. The summed E-state index contributed by atoms with van der Waals surface area (Å²) in [5.41, 5.74) is 2.59. The van der Waals surface area contributed by atoms with E-state index in [1.807, 2.05) is 42.5 Å². The summed E-state index contributed by atoms with van der Waals surface area (Å²) in [6.07, 6.45) is 4.93. The predicted molar refractivity (Wildman–Crippen MR) is 90.3 cm³/mol. The second kappa shape index (κ2) is 5.65. The molecule has 0 unspecified atom stereocenters. The summed E-state index contributed by atoms with van der Waals surface area (Å²) < 4.78 is 5.50. The van der Waals surface area contributed by atoms with Crippen molar-refractivity contribution in [2.75, 3.05) is 0 Å². The lowest BCUT2D eigenvalue weighted by atomic mass is 9.83. The van der Waals surface area contributed by atoms with Crippen molar-refractivity contribution in [3.63, 3.8) is 0 Å². The molecule has 1 aliphatic heterocycles. The van der Waals surface area contributed by atoms with Crippen LogP contribution in [0.15, 0.2) is 59.6 Å². The molecule has 1 fully saturated rings. The van der Waals surface area contributed by atoms with Crippen molar-refractivity contribution in [2.24, 2.45) is 4.99 Å². The zero-order chi connectivity index (χ0) is 15.7. The van der Waals surface area contributed by atoms with Crippen LogP contribution in [0.5, 0.6) is 0 Å². The van der Waals surface area contributed by atoms with Gasteiger partial charge >= 0.3 is 5.97 Å². The van der Waals surface area contributed by atoms with Gasteiger partial charge in [-0.25, -0.2) is 9.79 Å². The van der Waals surface area contributed by atoms with Crippen LogP contribution in [0.2, 0.25) is 0 Å². The van der Waals surface area contributed by atoms with Gasteiger partial charge in [0.2, 0.25) is 5.90 Å². The van der Waals surface area contributed by atoms with Crippen molar-refractivity contribution in [1.82, 2.24) is 0 Å². The number of rotatable bonds is 2. The fourth-order valence-corrected chi connectivity index (χ4v) is 3.46. The highest BCUT2D eigenvalue weighted by Crippen LogP contribution is 2.37. The Bertz CT molecular complexity index is 741. The Morgan fingerprint density at radius 1 is 0.783 bits per heavy atom. The molecule has 2 aliphatic rings. The number of cyclic esters (lactones) is 1. The number of esters is 1. The molecule has 0 aromatic heterocycles. The Hall–Kier alpha value is -2.42. The van der Waals surface area contributed by atoms with Gasteiger partial charge in [0.25, 0.3) is 0 Å². The molecule has 0 saturated heterocycles. The first-order chi connectivity index (χ1) is 11.3. The number of hydrogen-bond acceptors (Lipinski definition) is 3. The molecule has 23 heavy (non-hydrogen) atoms. The fourth-order valence-electron chi connectivity index (χ4n) is 3.46. The van der Waals surface area contributed by atoms with Gasteiger partial charge in [0.1, 0.15) is 0 Å². The average molecular weight is 305 g/mol. The minimum atomic E-state index is -0.605. The Morgan fingerprint density at radius 2 is 1.39 bits per heavy atom. The Balaban J connectivity index is 1.61. The minimum absolute atomic E-state index is 0.167. The van der Waals surface area contributed by atoms with Crippen LogP contribution in [0.3, 0.4) is 0 Å². The topological polar surface area (TPSA) is 38.7 Å². The molecule has 1 saturated carbocycles. The molecule has 0 atom stereocenters. The normalized spacial score (nSPS) is 19.5. The van der Waals surface area contributed by atoms with Crippen LogP contribution in [0, 0.1) is 0 Å². The third kappa shape index (κ3) is 2.56. The number of benzene rings is 2. The van der Waals surface area contributed by atoms with Crippen molar-refractivity contribution in [3.05, 3.63) is 60.2 Å². The largest absolute Gasteiger partial charge is 0.405 e. The first-order valence-corrected chi connectivity index (χ1v) is 8.25. The summed E-state index contributed by atoms with van der Waals surface area (Å²) >= 11 is 0. The van der Waals surface area contributed by atoms with Gasteiger partial charge in [-0.3, -0.25) is 0 Å². The molecule has 2 aromatic carbocycles. The second-order valence-corrected chi connectivity index (χ2v) is 6.34. The number of ether oxygens (including phenoxy) is 1. The second-order valence-electron chi connectivity index (χ2n) is 6.34. The van der Waals surface area contributed by atoms with Gasteiger partial charge in [0.05, 0.1) is 0 Å². The molecule has 0 N–H and O–H groups in total. The van der Waals surface area contributed by atoms with E-state index in [0.717, 1.165) is 36.8 Å². The maximum absolute atomic E-state index is 12.3. The van der Waals surface area contributed by atoms with E-state index in [1.54, 1.807) is 0 Å². The first-order valence-electron chi connectivity index (χ1n) is 8.25. The number of nitrogens with zero attached hydrogens (tertiary/aromatic N) is 1. The molecular weight excluding hydrogens is 286 g/mol. The first kappa shape index (κ1) is 14.2. The number of carbonyl (C=O) groups excluding carboxylic acids is 1. The van der Waals surface area contributed by atoms with Gasteiger partial charge in [-0.15, -0.1) is 0 Å². The maximum atomic E-state index is 12.3. The number of carbonyl (C=O) groups is 1. The van der Waals surface area contributed by atoms with Gasteiger partial charge in [-0.2, -0.15) is 0 Å². The molecule has 3 heteroatoms. The van der Waals surface area contributed by atoms with Crippen molar-refractivity contribution < 1.29 is 9.53 Å². The standard InChI is InChI=1S/C20H19NO2/c22-19-20(13-5-2-6-14-20)21-18(23-19)17-11-9-16(10-12-17)15-7-3-1-4-8-15/h1,3-4,7-12H,2,5-6,13-14H2. The molecule has 1 heterocycles. The maximum Gasteiger partial charge on any atom is 0.340 e. The van der Waals surface area contributed by atoms with E-state index >= 15 is 0 Å². The highest BCUT2D eigenvalue weighted by molar-refractivity contribution is 6.08. The van der Waals surface area contributed by atoms with E-state index in [0.29, 0.717) is 5.90 Å². The highest BCUT2D eigenvalue weighted by Gasteiger charge is 2.46. The zero-order valence-electron chi connectivity index (χ0n) is 13.0. The third-order valence-corrected chi connectivity index (χ3v) is 4.80. The fraction of sp³-hybridized carbons (Fsp3) is 0.300. The van der Waals surface area contributed by atoms with Crippen LogP contribution in [0.25, 0.3) is 11.1 Å². The van der Waals surface area contributed by atoms with Crippen LogP contribution in [0.1, 0.15) is 37.7 Å². The molecule has 1 spiro atoms. The lowest BCUT2D eigenvalue weighted by Gasteiger charge is -2.25. The van der Waals surface area contributed by atoms with E-state index in [4.69, 9.17) is 4.74 Å². The van der Waals surface area contributed by atoms with Crippen LogP contribution in [-0.2, 0) is 9.53 Å². The molecule has 3 nitrogen and oxygen atoms in total. The summed E-state index contributed by atoms with van der Waals surface area (Å²) in [6.45, 7) is 0. The molecule has 0 bridgehead atoms. The molecule has 2 aromatic rings. The van der Waals surface area contributed by atoms with Gasteiger partial charge in [-0.05, 0) is 36.1 Å². The quantitative estimate of drug-likeness (QED) is 0.773. The number of aliphatic imine (C=N–C) groups is 1. The van der Waals surface area contributed by atoms with Crippen LogP contribution in [-0.4, -0.2) is 17.4 Å². The molecule has 4 rings (SSSR count). The molecule has 1 aliphatic carbocycles. The van der Waals surface area contributed by atoms with Crippen LogP contribution < -0.4 is 0 Å². The summed E-state index contributed by atoms with van der Waals surface area (Å²) in [5, 5.41) is 0. The molecule has 0 radical (unpaired) electrons. The monoisotopic (exact) mass is 305 g/mol. The average Bonchev–Trinajstić information content (AvgIpc) is 2.93. The van der Waals surface area contributed by atoms with E-state index < -0.39 is 5.54 Å². The van der Waals surface area contributed by atoms with Crippen molar-refractivity contribution in [3.8, 4) is 11.1 Å². The van der Waals surface area contributed by atoms with Crippen molar-refractivity contribution >= 4 is 11.9 Å². The predicted octanol–water partition coefficient (Wildman–Crippen LogP) is 4.36. The summed E-state index contributed by atoms with van der Waals surface area (Å²) in [5.74, 6) is 0.316. The smallest absolute Gasteiger partial charge is 0.340 e. The molecule has 116 valence electrons. The lowest BCUT2D eigenvalue weighted by Crippen LogP contribution is -2.35. The Kier molecular flexibility index (Phi) is 3.49. The van der Waals surface area contributed by atoms with Crippen LogP contribution >= 0.6 is 0 Å². The van der Waals surface area contributed by atoms with E-state index in [2.05, 4.69) is 17.1 Å². The van der Waals surface area contributed by atoms with Gasteiger partial charge < -0.3 is 4.74 Å². The van der Waals surface area contributed by atoms with Crippen LogP contribution in [0.4, 0.5) is 0 Å². The summed E-state index contributed by atoms with van der Waals surface area (Å²) in [6, 6.07) is 18.3. The van der Waals surface area contributed by atoms with E-state index in [-0.39, 0.29) is 5.97 Å². The summed E-state index contributed by atoms with van der Waals surface area (Å²) in [4.78, 5) is 17.0. The summed E-state index contributed by atoms with van der Waals surface area (Å²) in [7, 11) is 0.